The molecule has 110 valence electrons. The average molecular weight is 297 g/mol. The van der Waals surface area contributed by atoms with Crippen LogP contribution < -0.4 is 0 Å². The number of likely N-dealkylation sites (N-methyl/N-ethyl adjacent to an activating group) is 1. The van der Waals surface area contributed by atoms with Gasteiger partial charge >= 0.3 is 5.97 Å². The zero-order valence-corrected chi connectivity index (χ0v) is 12.4. The molecule has 1 aromatic carbocycles. The summed E-state index contributed by atoms with van der Waals surface area (Å²) in [5, 5.41) is 9.84. The molecule has 0 aliphatic carbocycles. The Hall–Kier alpha value is -1.40. The Kier molecular flexibility index (Phi) is 3.88. The number of benzene rings is 1. The first-order valence-corrected chi connectivity index (χ1v) is 8.29. The number of sulfone groups is 1. The van der Waals surface area contributed by atoms with Crippen LogP contribution in [-0.2, 0) is 20.2 Å². The van der Waals surface area contributed by atoms with Gasteiger partial charge in [-0.05, 0) is 26.1 Å². The smallest absolute Gasteiger partial charge is 0.329 e. The van der Waals surface area contributed by atoms with Gasteiger partial charge < -0.3 is 5.11 Å². The molecule has 1 aromatic rings. The van der Waals surface area contributed by atoms with E-state index in [-0.39, 0.29) is 11.5 Å². The maximum Gasteiger partial charge on any atom is 0.329 e. The number of hydrogen-bond donors (Lipinski definition) is 1. The molecule has 2 rings (SSSR count). The summed E-state index contributed by atoms with van der Waals surface area (Å²) in [5.74, 6) is -1.46. The third-order valence-corrected chi connectivity index (χ3v) is 5.84. The second-order valence-corrected chi connectivity index (χ2v) is 7.66. The van der Waals surface area contributed by atoms with Gasteiger partial charge in [-0.3, -0.25) is 4.90 Å². The molecule has 1 aliphatic heterocycles. The second kappa shape index (κ2) is 5.18. The zero-order valence-electron chi connectivity index (χ0n) is 11.6. The molecule has 5 nitrogen and oxygen atoms in total. The van der Waals surface area contributed by atoms with Crippen molar-refractivity contribution < 1.29 is 18.3 Å². The minimum absolute atomic E-state index is 0.0629. The Morgan fingerprint density at radius 2 is 1.90 bits per heavy atom. The van der Waals surface area contributed by atoms with E-state index in [0.29, 0.717) is 12.0 Å². The summed E-state index contributed by atoms with van der Waals surface area (Å²) < 4.78 is 23.5. The molecule has 1 heterocycles. The maximum atomic E-state index is 12.0. The van der Waals surface area contributed by atoms with E-state index < -0.39 is 27.3 Å². The summed E-state index contributed by atoms with van der Waals surface area (Å²) >= 11 is 0. The predicted octanol–water partition coefficient (Wildman–Crippen LogP) is 0.963. The lowest BCUT2D eigenvalue weighted by atomic mass is 9.76. The molecule has 1 N–H and O–H groups in total. The highest BCUT2D eigenvalue weighted by Gasteiger charge is 2.53. The molecule has 1 aliphatic rings. The molecule has 20 heavy (non-hydrogen) atoms. The Morgan fingerprint density at radius 3 is 2.30 bits per heavy atom. The van der Waals surface area contributed by atoms with Crippen molar-refractivity contribution in [3.8, 4) is 0 Å². The zero-order chi connectivity index (χ0) is 15.0. The van der Waals surface area contributed by atoms with E-state index in [1.807, 2.05) is 6.07 Å². The van der Waals surface area contributed by atoms with Crippen LogP contribution >= 0.6 is 0 Å². The monoisotopic (exact) mass is 297 g/mol. The normalized spacial score (nSPS) is 24.4. The summed E-state index contributed by atoms with van der Waals surface area (Å²) in [5.41, 5.74) is -0.676. The first-order valence-electron chi connectivity index (χ1n) is 6.47. The van der Waals surface area contributed by atoms with Gasteiger partial charge in [0.15, 0.2) is 9.84 Å². The van der Waals surface area contributed by atoms with Crippen LogP contribution in [0.3, 0.4) is 0 Å². The fourth-order valence-electron chi connectivity index (χ4n) is 3.17. The number of aliphatic carboxylic acids is 1. The fraction of sp³-hybridized carbons (Fsp3) is 0.500. The van der Waals surface area contributed by atoms with Crippen molar-refractivity contribution in [2.45, 2.75) is 12.0 Å². The van der Waals surface area contributed by atoms with Crippen molar-refractivity contribution in [1.29, 1.82) is 0 Å². The maximum absolute atomic E-state index is 12.0. The summed E-state index contributed by atoms with van der Waals surface area (Å²) in [6.07, 6.45) is 0.377. The van der Waals surface area contributed by atoms with Crippen LogP contribution in [0.2, 0.25) is 0 Å². The van der Waals surface area contributed by atoms with Gasteiger partial charge in [-0.25, -0.2) is 13.2 Å². The Morgan fingerprint density at radius 1 is 1.30 bits per heavy atom. The topological polar surface area (TPSA) is 74.7 Å². The van der Waals surface area contributed by atoms with Crippen molar-refractivity contribution in [2.24, 2.45) is 5.92 Å². The van der Waals surface area contributed by atoms with E-state index >= 15 is 0 Å². The van der Waals surface area contributed by atoms with Crippen LogP contribution in [-0.4, -0.2) is 50.0 Å². The van der Waals surface area contributed by atoms with Crippen LogP contribution in [0.4, 0.5) is 0 Å². The van der Waals surface area contributed by atoms with Gasteiger partial charge in [0, 0.05) is 5.92 Å². The van der Waals surface area contributed by atoms with Crippen LogP contribution in [0.5, 0.6) is 0 Å². The van der Waals surface area contributed by atoms with Crippen molar-refractivity contribution in [2.75, 3.05) is 25.6 Å². The third kappa shape index (κ3) is 2.33. The van der Waals surface area contributed by atoms with Crippen LogP contribution in [0, 0.1) is 5.92 Å². The second-order valence-electron chi connectivity index (χ2n) is 5.43. The summed E-state index contributed by atoms with van der Waals surface area (Å²) in [7, 11) is 0.229. The van der Waals surface area contributed by atoms with Gasteiger partial charge in [-0.2, -0.15) is 0 Å². The molecule has 0 bridgehead atoms. The lowest BCUT2D eigenvalue weighted by Crippen LogP contribution is -2.54. The molecule has 0 radical (unpaired) electrons. The molecule has 2 atom stereocenters. The van der Waals surface area contributed by atoms with Crippen molar-refractivity contribution in [3.63, 3.8) is 0 Å². The minimum Gasteiger partial charge on any atom is -0.480 e. The standard InChI is InChI=1S/C14H19NO4S/c1-15(2)14(13(16)17,11-6-4-3-5-7-11)12-8-9-20(18,19)10-12/h3-7,12H,8-10H2,1-2H3,(H,16,17)/t12-,14+/m1/s1. The van der Waals surface area contributed by atoms with E-state index in [1.165, 1.54) is 0 Å². The number of hydrogen-bond acceptors (Lipinski definition) is 4. The first-order chi connectivity index (χ1) is 9.30. The molecule has 0 saturated carbocycles. The highest BCUT2D eigenvalue weighted by Crippen LogP contribution is 2.40. The molecule has 6 heteroatoms. The molecule has 1 fully saturated rings. The summed E-state index contributed by atoms with van der Waals surface area (Å²) in [6, 6.07) is 8.87. The molecule has 1 saturated heterocycles. The number of rotatable bonds is 4. The molecular weight excluding hydrogens is 278 g/mol. The van der Waals surface area contributed by atoms with Gasteiger partial charge in [0.2, 0.25) is 0 Å². The lowest BCUT2D eigenvalue weighted by Gasteiger charge is -2.40. The predicted molar refractivity (Wildman–Crippen MR) is 76.2 cm³/mol. The number of carbonyl (C=O) groups is 1. The first kappa shape index (κ1) is 15.0. The van der Waals surface area contributed by atoms with Crippen molar-refractivity contribution in [1.82, 2.24) is 4.90 Å². The van der Waals surface area contributed by atoms with E-state index in [2.05, 4.69) is 0 Å². The van der Waals surface area contributed by atoms with Gasteiger partial charge in [-0.1, -0.05) is 30.3 Å². The highest BCUT2D eigenvalue weighted by atomic mass is 32.2. The van der Waals surface area contributed by atoms with Gasteiger partial charge in [0.1, 0.15) is 5.54 Å². The van der Waals surface area contributed by atoms with Crippen molar-refractivity contribution >= 4 is 15.8 Å². The van der Waals surface area contributed by atoms with Gasteiger partial charge in [-0.15, -0.1) is 0 Å². The Bertz CT molecular complexity index is 597. The quantitative estimate of drug-likeness (QED) is 0.896. The van der Waals surface area contributed by atoms with Gasteiger partial charge in [0.05, 0.1) is 11.5 Å². The fourth-order valence-corrected chi connectivity index (χ4v) is 5.00. The van der Waals surface area contributed by atoms with Gasteiger partial charge in [0.25, 0.3) is 0 Å². The summed E-state index contributed by atoms with van der Waals surface area (Å²) in [4.78, 5) is 13.6. The highest BCUT2D eigenvalue weighted by molar-refractivity contribution is 7.91. The number of carboxylic acid groups (broad SMARTS) is 1. The van der Waals surface area contributed by atoms with Crippen LogP contribution in [0.15, 0.2) is 30.3 Å². The van der Waals surface area contributed by atoms with E-state index in [1.54, 1.807) is 43.3 Å². The lowest BCUT2D eigenvalue weighted by molar-refractivity contribution is -0.154. The molecule has 0 spiro atoms. The molecule has 0 unspecified atom stereocenters. The SMILES string of the molecule is CN(C)[C@@](C(=O)O)(c1ccccc1)[C@@H]1CCS(=O)(=O)C1. The van der Waals surface area contributed by atoms with E-state index in [4.69, 9.17) is 0 Å². The van der Waals surface area contributed by atoms with E-state index in [0.717, 1.165) is 0 Å². The van der Waals surface area contributed by atoms with Crippen LogP contribution in [0.1, 0.15) is 12.0 Å². The average Bonchev–Trinajstić information content (AvgIpc) is 2.71. The third-order valence-electron chi connectivity index (χ3n) is 4.07. The largest absolute Gasteiger partial charge is 0.480 e. The molecule has 0 aromatic heterocycles. The van der Waals surface area contributed by atoms with Crippen molar-refractivity contribution in [3.05, 3.63) is 35.9 Å². The Labute approximate surface area is 119 Å². The Balaban J connectivity index is 2.58. The van der Waals surface area contributed by atoms with Crippen LogP contribution in [0.25, 0.3) is 0 Å². The van der Waals surface area contributed by atoms with E-state index in [9.17, 15) is 18.3 Å². The molecular formula is C14H19NO4S. The minimum atomic E-state index is -3.14. The number of nitrogens with zero attached hydrogens (tertiary/aromatic N) is 1. The number of carboxylic acids is 1. The summed E-state index contributed by atoms with van der Waals surface area (Å²) in [6.45, 7) is 0. The molecule has 0 amide bonds.